The second-order valence-corrected chi connectivity index (χ2v) is 0.981. The molecule has 0 aromatic heterocycles. The van der Waals surface area contributed by atoms with Gasteiger partial charge in [0.25, 0.3) is 0 Å². The number of nitrogens with zero attached hydrogens (tertiary/aromatic N) is 1. The van der Waals surface area contributed by atoms with Crippen molar-refractivity contribution in [2.24, 2.45) is 16.4 Å². The van der Waals surface area contributed by atoms with Crippen LogP contribution >= 0.6 is 0 Å². The quantitative estimate of drug-likeness (QED) is 0.333. The SMILES string of the molecule is COB=NC(N)N. The predicted octanol–water partition coefficient (Wildman–Crippen LogP) is -1.36. The number of rotatable bonds is 2. The molecule has 4 N–H and O–H groups in total. The average molecular weight is 101 g/mol. The van der Waals surface area contributed by atoms with Crippen molar-refractivity contribution in [2.45, 2.75) is 6.29 Å². The fourth-order valence-electron chi connectivity index (χ4n) is 0.131. The summed E-state index contributed by atoms with van der Waals surface area (Å²) < 4.78 is 4.40. The van der Waals surface area contributed by atoms with Gasteiger partial charge in [-0.3, -0.25) is 0 Å². The van der Waals surface area contributed by atoms with E-state index in [4.69, 9.17) is 11.5 Å². The molecule has 0 aliphatic rings. The van der Waals surface area contributed by atoms with Crippen LogP contribution in [0.1, 0.15) is 0 Å². The van der Waals surface area contributed by atoms with Gasteiger partial charge in [-0.1, -0.05) is 0 Å². The minimum absolute atomic E-state index is 0.653. The van der Waals surface area contributed by atoms with E-state index in [9.17, 15) is 0 Å². The first-order chi connectivity index (χ1) is 3.27. The minimum atomic E-state index is -0.653. The monoisotopic (exact) mass is 101 g/mol. The van der Waals surface area contributed by atoms with Crippen LogP contribution in [0.15, 0.2) is 4.90 Å². The van der Waals surface area contributed by atoms with E-state index < -0.39 is 6.29 Å². The van der Waals surface area contributed by atoms with Crippen LogP contribution in [0.3, 0.4) is 0 Å². The van der Waals surface area contributed by atoms with E-state index in [1.54, 1.807) is 0 Å². The maximum atomic E-state index is 4.98. The second-order valence-electron chi connectivity index (χ2n) is 0.981. The summed E-state index contributed by atoms with van der Waals surface area (Å²) in [6.07, 6.45) is -0.653. The summed E-state index contributed by atoms with van der Waals surface area (Å²) in [5.41, 5.74) is 9.96. The van der Waals surface area contributed by atoms with Gasteiger partial charge in [-0.25, -0.2) is 0 Å². The molecule has 0 saturated carbocycles. The van der Waals surface area contributed by atoms with Gasteiger partial charge in [0.2, 0.25) is 0 Å². The van der Waals surface area contributed by atoms with E-state index in [2.05, 4.69) is 9.55 Å². The molecule has 5 heteroatoms. The zero-order valence-corrected chi connectivity index (χ0v) is 4.16. The molecular weight excluding hydrogens is 92.9 g/mol. The number of hydrogen-bond donors (Lipinski definition) is 2. The Kier molecular flexibility index (Phi) is 3.54. The molecule has 4 nitrogen and oxygen atoms in total. The second kappa shape index (κ2) is 3.76. The molecule has 0 aromatic rings. The molecule has 0 rings (SSSR count). The Morgan fingerprint density at radius 2 is 2.29 bits per heavy atom. The molecule has 0 amide bonds. The molecule has 0 spiro atoms. The Hall–Kier alpha value is -0.415. The molecular formula is C2H8BN3O. The van der Waals surface area contributed by atoms with E-state index in [1.807, 2.05) is 0 Å². The van der Waals surface area contributed by atoms with Gasteiger partial charge in [-0.2, -0.15) is 0 Å². The number of hydrogen-bond acceptors (Lipinski definition) is 4. The fourth-order valence-corrected chi connectivity index (χ4v) is 0.131. The van der Waals surface area contributed by atoms with E-state index in [0.717, 1.165) is 0 Å². The Bertz CT molecular complexity index is 64.0. The number of nitrogens with two attached hydrogens (primary N) is 2. The van der Waals surface area contributed by atoms with Crippen molar-refractivity contribution in [3.63, 3.8) is 0 Å². The first-order valence-corrected chi connectivity index (χ1v) is 1.83. The summed E-state index contributed by atoms with van der Waals surface area (Å²) in [5, 5.41) is 0. The standard InChI is InChI=1S/C2H8BN3O/c1-7-3-6-2(4)5/h2H,4-5H2,1H3. The van der Waals surface area contributed by atoms with Crippen LogP contribution < -0.4 is 11.5 Å². The van der Waals surface area contributed by atoms with Crippen LogP contribution in [0.4, 0.5) is 0 Å². The van der Waals surface area contributed by atoms with Crippen LogP contribution in [0.2, 0.25) is 0 Å². The van der Waals surface area contributed by atoms with Crippen molar-refractivity contribution in [1.82, 2.24) is 0 Å². The fraction of sp³-hybridized carbons (Fsp3) is 1.00. The van der Waals surface area contributed by atoms with Gasteiger partial charge in [0.1, 0.15) is 0 Å². The summed E-state index contributed by atoms with van der Waals surface area (Å²) >= 11 is 0. The molecule has 0 heterocycles. The van der Waals surface area contributed by atoms with Crippen LogP contribution in [0.5, 0.6) is 0 Å². The summed E-state index contributed by atoms with van der Waals surface area (Å²) in [6.45, 7) is 0. The molecule has 0 aliphatic carbocycles. The molecule has 0 aromatic carbocycles. The van der Waals surface area contributed by atoms with E-state index >= 15 is 0 Å². The van der Waals surface area contributed by atoms with Crippen molar-refractivity contribution in [3.8, 4) is 0 Å². The van der Waals surface area contributed by atoms with Crippen LogP contribution in [-0.2, 0) is 4.65 Å². The first-order valence-electron chi connectivity index (χ1n) is 1.83. The van der Waals surface area contributed by atoms with Gasteiger partial charge in [0, 0.05) is 0 Å². The predicted molar refractivity (Wildman–Crippen MR) is 27.4 cm³/mol. The van der Waals surface area contributed by atoms with Gasteiger partial charge in [-0.05, 0) is 0 Å². The summed E-state index contributed by atoms with van der Waals surface area (Å²) in [7, 11) is 2.68. The van der Waals surface area contributed by atoms with Gasteiger partial charge >= 0.3 is 41.7 Å². The summed E-state index contributed by atoms with van der Waals surface area (Å²) in [4.78, 5) is 3.45. The zero-order valence-electron chi connectivity index (χ0n) is 4.16. The topological polar surface area (TPSA) is 73.6 Å². The molecule has 0 aliphatic heterocycles. The van der Waals surface area contributed by atoms with Crippen molar-refractivity contribution in [1.29, 1.82) is 0 Å². The van der Waals surface area contributed by atoms with Crippen molar-refractivity contribution >= 4 is 7.27 Å². The maximum absolute atomic E-state index is 4.98. The zero-order chi connectivity index (χ0) is 5.70. The molecule has 0 unspecified atom stereocenters. The molecule has 7 heavy (non-hydrogen) atoms. The van der Waals surface area contributed by atoms with Crippen LogP contribution in [-0.4, -0.2) is 20.7 Å². The Balaban J connectivity index is 3.08. The van der Waals surface area contributed by atoms with Gasteiger partial charge in [-0.15, -0.1) is 0 Å². The van der Waals surface area contributed by atoms with E-state index in [-0.39, 0.29) is 0 Å². The normalized spacial score (nSPS) is 9.71. The molecule has 0 fully saturated rings. The summed E-state index contributed by atoms with van der Waals surface area (Å²) in [5.74, 6) is 0. The molecule has 0 atom stereocenters. The van der Waals surface area contributed by atoms with E-state index in [0.29, 0.717) is 0 Å². The molecule has 0 radical (unpaired) electrons. The van der Waals surface area contributed by atoms with Crippen molar-refractivity contribution < 1.29 is 4.65 Å². The van der Waals surface area contributed by atoms with Gasteiger partial charge < -0.3 is 0 Å². The Labute approximate surface area is 42.8 Å². The Morgan fingerprint density at radius 3 is 2.43 bits per heavy atom. The van der Waals surface area contributed by atoms with Crippen LogP contribution in [0.25, 0.3) is 0 Å². The third-order valence-electron chi connectivity index (χ3n) is 0.338. The van der Waals surface area contributed by atoms with Crippen LogP contribution in [0, 0.1) is 0 Å². The molecule has 0 saturated heterocycles. The average Bonchev–Trinajstić information content (AvgIpc) is 1.61. The third-order valence-corrected chi connectivity index (χ3v) is 0.338. The van der Waals surface area contributed by atoms with Crippen molar-refractivity contribution in [3.05, 3.63) is 0 Å². The van der Waals surface area contributed by atoms with Gasteiger partial charge in [0.15, 0.2) is 0 Å². The Morgan fingerprint density at radius 1 is 1.71 bits per heavy atom. The van der Waals surface area contributed by atoms with Gasteiger partial charge in [0.05, 0.1) is 0 Å². The molecule has 0 bridgehead atoms. The third kappa shape index (κ3) is 5.58. The van der Waals surface area contributed by atoms with E-state index in [1.165, 1.54) is 14.4 Å². The van der Waals surface area contributed by atoms with Crippen molar-refractivity contribution in [2.75, 3.05) is 7.11 Å². The molecule has 40 valence electrons. The summed E-state index contributed by atoms with van der Waals surface area (Å²) in [6, 6.07) is 0. The first kappa shape index (κ1) is 6.58.